The summed E-state index contributed by atoms with van der Waals surface area (Å²) in [7, 11) is 0. The maximum absolute atomic E-state index is 12.1. The van der Waals surface area contributed by atoms with Crippen LogP contribution in [0.1, 0.15) is 16.8 Å². The third kappa shape index (κ3) is 5.05. The number of aromatic nitrogens is 1. The Morgan fingerprint density at radius 3 is 2.56 bits per heavy atom. The Labute approximate surface area is 170 Å². The molecule has 0 saturated carbocycles. The number of rotatable bonds is 5. The molecule has 136 valence electrons. The molecule has 2 aromatic carbocycles. The third-order valence-electron chi connectivity index (χ3n) is 3.80. The van der Waals surface area contributed by atoms with Gasteiger partial charge in [0.15, 0.2) is 5.75 Å². The quantitative estimate of drug-likeness (QED) is 0.569. The van der Waals surface area contributed by atoms with E-state index in [1.54, 1.807) is 12.1 Å². The van der Waals surface area contributed by atoms with Gasteiger partial charge in [0.2, 0.25) is 0 Å². The zero-order chi connectivity index (χ0) is 19.4. The summed E-state index contributed by atoms with van der Waals surface area (Å²) in [4.78, 5) is 14.9. The lowest BCUT2D eigenvalue weighted by Gasteiger charge is -2.10. The number of nitrogens with zero attached hydrogens (tertiary/aromatic N) is 1. The van der Waals surface area contributed by atoms with E-state index < -0.39 is 5.56 Å². The molecule has 1 aromatic heterocycles. The van der Waals surface area contributed by atoms with E-state index in [9.17, 15) is 4.79 Å². The highest BCUT2D eigenvalue weighted by Crippen LogP contribution is 2.30. The summed E-state index contributed by atoms with van der Waals surface area (Å²) in [5.41, 5.74) is 1.62. The Balaban J connectivity index is 1.85. The molecule has 0 aliphatic carbocycles. The molecule has 0 aliphatic heterocycles. The first-order chi connectivity index (χ1) is 12.9. The lowest BCUT2D eigenvalue weighted by molar-refractivity contribution is 0.480. The molecule has 3 aromatic rings. The number of aryl methyl sites for hydroxylation is 2. The molecule has 1 heterocycles. The second-order valence-electron chi connectivity index (χ2n) is 5.82. The Bertz CT molecular complexity index is 1090. The predicted molar refractivity (Wildman–Crippen MR) is 107 cm³/mol. The molecular formula is C20H13Cl3N2O2. The van der Waals surface area contributed by atoms with Crippen molar-refractivity contribution < 1.29 is 4.74 Å². The van der Waals surface area contributed by atoms with Crippen molar-refractivity contribution in [3.8, 4) is 17.6 Å². The predicted octanol–water partition coefficient (Wildman–Crippen LogP) is 5.78. The van der Waals surface area contributed by atoms with E-state index in [-0.39, 0.29) is 10.8 Å². The second kappa shape index (κ2) is 8.49. The van der Waals surface area contributed by atoms with Gasteiger partial charge < -0.3 is 9.72 Å². The van der Waals surface area contributed by atoms with Crippen LogP contribution in [0.2, 0.25) is 15.1 Å². The minimum atomic E-state index is -0.446. The number of halogens is 3. The Morgan fingerprint density at radius 1 is 1.00 bits per heavy atom. The summed E-state index contributed by atoms with van der Waals surface area (Å²) in [6.07, 6.45) is 1.26. The molecule has 0 unspecified atom stereocenters. The van der Waals surface area contributed by atoms with Gasteiger partial charge in [0.25, 0.3) is 5.56 Å². The number of pyridine rings is 1. The summed E-state index contributed by atoms with van der Waals surface area (Å²) >= 11 is 18.1. The summed E-state index contributed by atoms with van der Waals surface area (Å²) in [6.45, 7) is 0. The lowest BCUT2D eigenvalue weighted by Crippen LogP contribution is -2.11. The third-order valence-corrected chi connectivity index (χ3v) is 4.61. The zero-order valence-corrected chi connectivity index (χ0v) is 16.2. The monoisotopic (exact) mass is 418 g/mol. The summed E-state index contributed by atoms with van der Waals surface area (Å²) in [6, 6.07) is 15.8. The largest absolute Gasteiger partial charge is 0.455 e. The van der Waals surface area contributed by atoms with Gasteiger partial charge in [0.1, 0.15) is 10.8 Å². The molecule has 7 heteroatoms. The molecule has 4 nitrogen and oxygen atoms in total. The van der Waals surface area contributed by atoms with Crippen molar-refractivity contribution in [2.24, 2.45) is 0 Å². The normalized spacial score (nSPS) is 10.4. The highest BCUT2D eigenvalue weighted by Gasteiger charge is 2.11. The van der Waals surface area contributed by atoms with E-state index in [0.29, 0.717) is 39.9 Å². The minimum Gasteiger partial charge on any atom is -0.455 e. The van der Waals surface area contributed by atoms with Crippen molar-refractivity contribution in [1.29, 1.82) is 5.26 Å². The van der Waals surface area contributed by atoms with Crippen LogP contribution >= 0.6 is 34.8 Å². The number of aromatic amines is 1. The smallest absolute Gasteiger partial charge is 0.270 e. The first kappa shape index (κ1) is 19.3. The molecule has 1 N–H and O–H groups in total. The van der Waals surface area contributed by atoms with Crippen LogP contribution in [0.5, 0.6) is 11.5 Å². The fourth-order valence-corrected chi connectivity index (χ4v) is 3.14. The van der Waals surface area contributed by atoms with Crippen molar-refractivity contribution in [1.82, 2.24) is 4.98 Å². The van der Waals surface area contributed by atoms with Gasteiger partial charge in [-0.2, -0.15) is 5.26 Å². The number of nitriles is 1. The topological polar surface area (TPSA) is 65.9 Å². The lowest BCUT2D eigenvalue weighted by atomic mass is 10.1. The van der Waals surface area contributed by atoms with Crippen molar-refractivity contribution in [2.45, 2.75) is 12.8 Å². The van der Waals surface area contributed by atoms with E-state index in [2.05, 4.69) is 4.98 Å². The van der Waals surface area contributed by atoms with E-state index in [1.165, 1.54) is 12.1 Å². The van der Waals surface area contributed by atoms with E-state index >= 15 is 0 Å². The molecule has 0 atom stereocenters. The highest BCUT2D eigenvalue weighted by atomic mass is 35.5. The molecule has 0 saturated heterocycles. The zero-order valence-electron chi connectivity index (χ0n) is 13.9. The molecule has 3 rings (SSSR count). The Hall–Kier alpha value is -2.45. The number of hydrogen-bond acceptors (Lipinski definition) is 3. The molecule has 0 fully saturated rings. The summed E-state index contributed by atoms with van der Waals surface area (Å²) in [5, 5.41) is 9.98. The SMILES string of the molecule is N#Cc1cc(Cl)cc(Oc2cc(CCc3cccc(Cl)c3)[nH]c(=O)c2Cl)c1. The number of ether oxygens (including phenoxy) is 1. The maximum atomic E-state index is 12.1. The fourth-order valence-electron chi connectivity index (χ4n) is 2.56. The van der Waals surface area contributed by atoms with Gasteiger partial charge in [0.05, 0.1) is 11.6 Å². The molecular weight excluding hydrogens is 407 g/mol. The molecule has 0 spiro atoms. The Kier molecular flexibility index (Phi) is 6.08. The van der Waals surface area contributed by atoms with E-state index in [4.69, 9.17) is 44.8 Å². The fraction of sp³-hybridized carbons (Fsp3) is 0.100. The van der Waals surface area contributed by atoms with Gasteiger partial charge in [-0.25, -0.2) is 0 Å². The Morgan fingerprint density at radius 2 is 1.81 bits per heavy atom. The second-order valence-corrected chi connectivity index (χ2v) is 7.07. The highest BCUT2D eigenvalue weighted by molar-refractivity contribution is 6.32. The minimum absolute atomic E-state index is 0.0695. The van der Waals surface area contributed by atoms with Gasteiger partial charge in [-0.05, 0) is 48.7 Å². The number of hydrogen-bond donors (Lipinski definition) is 1. The van der Waals surface area contributed by atoms with Gasteiger partial charge >= 0.3 is 0 Å². The molecule has 27 heavy (non-hydrogen) atoms. The van der Waals surface area contributed by atoms with Crippen LogP contribution < -0.4 is 10.3 Å². The van der Waals surface area contributed by atoms with Crippen LogP contribution in [0.4, 0.5) is 0 Å². The van der Waals surface area contributed by atoms with Gasteiger partial charge in [-0.3, -0.25) is 4.79 Å². The standard InChI is InChI=1S/C20H13Cl3N2O2/c21-14-3-1-2-12(6-14)4-5-16-10-18(19(23)20(26)25-16)27-17-8-13(11-24)7-15(22)9-17/h1-3,6-10H,4-5H2,(H,25,26). The summed E-state index contributed by atoms with van der Waals surface area (Å²) in [5.74, 6) is 0.528. The van der Waals surface area contributed by atoms with Crippen LogP contribution in [0.25, 0.3) is 0 Å². The van der Waals surface area contributed by atoms with Crippen molar-refractivity contribution in [2.75, 3.05) is 0 Å². The molecule has 0 radical (unpaired) electrons. The number of benzene rings is 2. The van der Waals surface area contributed by atoms with Crippen LogP contribution in [-0.2, 0) is 12.8 Å². The molecule has 0 bridgehead atoms. The maximum Gasteiger partial charge on any atom is 0.270 e. The van der Waals surface area contributed by atoms with E-state index in [1.807, 2.05) is 30.3 Å². The van der Waals surface area contributed by atoms with Crippen LogP contribution in [0.3, 0.4) is 0 Å². The summed E-state index contributed by atoms with van der Waals surface area (Å²) < 4.78 is 5.72. The molecule has 0 amide bonds. The van der Waals surface area contributed by atoms with Crippen LogP contribution in [0.15, 0.2) is 53.3 Å². The average molecular weight is 420 g/mol. The van der Waals surface area contributed by atoms with Crippen molar-refractivity contribution in [3.63, 3.8) is 0 Å². The number of H-pyrrole nitrogens is 1. The van der Waals surface area contributed by atoms with E-state index in [0.717, 1.165) is 5.56 Å². The average Bonchev–Trinajstić information content (AvgIpc) is 2.63. The van der Waals surface area contributed by atoms with Gasteiger partial charge in [-0.1, -0.05) is 46.9 Å². The van der Waals surface area contributed by atoms with Crippen LogP contribution in [-0.4, -0.2) is 4.98 Å². The molecule has 0 aliphatic rings. The van der Waals surface area contributed by atoms with Crippen LogP contribution in [0, 0.1) is 11.3 Å². The first-order valence-electron chi connectivity index (χ1n) is 7.99. The van der Waals surface area contributed by atoms with Gasteiger partial charge in [0, 0.05) is 21.8 Å². The number of nitrogens with one attached hydrogen (secondary N) is 1. The first-order valence-corrected chi connectivity index (χ1v) is 9.12. The van der Waals surface area contributed by atoms with Crippen molar-refractivity contribution in [3.05, 3.63) is 90.8 Å². The van der Waals surface area contributed by atoms with Gasteiger partial charge in [-0.15, -0.1) is 0 Å². The van der Waals surface area contributed by atoms with Crippen molar-refractivity contribution >= 4 is 34.8 Å².